The number of hydrogen-bond acceptors (Lipinski definition) is 1. The number of ether oxygens (including phenoxy) is 1. The zero-order valence-corrected chi connectivity index (χ0v) is 18.0. The van der Waals surface area contributed by atoms with Crippen molar-refractivity contribution < 1.29 is 4.74 Å². The topological polar surface area (TPSA) is 9.23 Å². The fourth-order valence-corrected chi connectivity index (χ4v) is 5.45. The van der Waals surface area contributed by atoms with E-state index in [4.69, 9.17) is 4.74 Å². The van der Waals surface area contributed by atoms with E-state index in [9.17, 15) is 0 Å². The van der Waals surface area contributed by atoms with E-state index in [1.165, 1.54) is 63.4 Å². The molecule has 0 amide bonds. The second-order valence-corrected chi connectivity index (χ2v) is 9.07. The van der Waals surface area contributed by atoms with Crippen molar-refractivity contribution in [3.63, 3.8) is 0 Å². The van der Waals surface area contributed by atoms with Crippen LogP contribution in [0.3, 0.4) is 0 Å². The molecule has 1 nitrogen and oxygen atoms in total. The minimum atomic E-state index is 0.735. The highest BCUT2D eigenvalue weighted by atomic mass is 16.5. The van der Waals surface area contributed by atoms with E-state index in [0.717, 1.165) is 43.3 Å². The van der Waals surface area contributed by atoms with Crippen molar-refractivity contribution >= 4 is 0 Å². The summed E-state index contributed by atoms with van der Waals surface area (Å²) in [7, 11) is 0. The summed E-state index contributed by atoms with van der Waals surface area (Å²) in [6.07, 6.45) is 20.1. The molecule has 0 heterocycles. The molecule has 1 aromatic rings. The highest BCUT2D eigenvalue weighted by Gasteiger charge is 2.30. The predicted octanol–water partition coefficient (Wildman–Crippen LogP) is 7.83. The monoisotopic (exact) mass is 380 g/mol. The van der Waals surface area contributed by atoms with Gasteiger partial charge in [-0.2, -0.15) is 0 Å². The summed E-state index contributed by atoms with van der Waals surface area (Å²) < 4.78 is 5.75. The van der Waals surface area contributed by atoms with Crippen LogP contribution < -0.4 is 0 Å². The van der Waals surface area contributed by atoms with Gasteiger partial charge in [0.25, 0.3) is 0 Å². The molecule has 1 aromatic carbocycles. The fourth-order valence-electron chi connectivity index (χ4n) is 5.45. The molecule has 0 unspecified atom stereocenters. The molecule has 1 heteroatoms. The van der Waals surface area contributed by atoms with Gasteiger partial charge in [-0.25, -0.2) is 0 Å². The summed E-state index contributed by atoms with van der Waals surface area (Å²) in [6.45, 7) is 7.52. The third kappa shape index (κ3) is 6.34. The van der Waals surface area contributed by atoms with Crippen LogP contribution in [-0.2, 0) is 11.3 Å². The van der Waals surface area contributed by atoms with Gasteiger partial charge in [0, 0.05) is 0 Å². The number of benzene rings is 1. The van der Waals surface area contributed by atoms with E-state index < -0.39 is 0 Å². The van der Waals surface area contributed by atoms with Crippen LogP contribution in [0.25, 0.3) is 0 Å². The Labute approximate surface area is 173 Å². The van der Waals surface area contributed by atoms with Gasteiger partial charge in [0.2, 0.25) is 0 Å². The molecule has 0 radical (unpaired) electrons. The van der Waals surface area contributed by atoms with Gasteiger partial charge in [-0.05, 0) is 106 Å². The Kier molecular flexibility index (Phi) is 8.86. The maximum Gasteiger partial charge on any atom is 0.0717 e. The zero-order chi connectivity index (χ0) is 19.6. The molecule has 0 atom stereocenters. The Balaban J connectivity index is 1.39. The average molecular weight is 381 g/mol. The van der Waals surface area contributed by atoms with Crippen LogP contribution in [0.5, 0.6) is 0 Å². The predicted molar refractivity (Wildman–Crippen MR) is 120 cm³/mol. The van der Waals surface area contributed by atoms with E-state index in [1.807, 2.05) is 0 Å². The normalized spacial score (nSPS) is 28.5. The van der Waals surface area contributed by atoms with E-state index in [0.29, 0.717) is 0 Å². The first-order valence-electron chi connectivity index (χ1n) is 11.7. The molecule has 0 saturated heterocycles. The standard InChI is InChI=1S/C27H40O/c1-3-5-6-20-28-21-23-10-14-25(15-11-23)27-18-16-26(17-19-27)24-12-8-22(7-4-2)9-13-24/h3-5,10-11,14-15,22,24,26-27H,2,6-9,12-13,16-21H2,1H3. The lowest BCUT2D eigenvalue weighted by Crippen LogP contribution is -2.25. The highest BCUT2D eigenvalue weighted by molar-refractivity contribution is 5.25. The third-order valence-electron chi connectivity index (χ3n) is 7.21. The van der Waals surface area contributed by atoms with Crippen LogP contribution in [0.4, 0.5) is 0 Å². The molecule has 154 valence electrons. The van der Waals surface area contributed by atoms with Crippen molar-refractivity contribution in [2.75, 3.05) is 6.61 Å². The smallest absolute Gasteiger partial charge is 0.0717 e. The largest absolute Gasteiger partial charge is 0.376 e. The van der Waals surface area contributed by atoms with Crippen molar-refractivity contribution in [1.29, 1.82) is 0 Å². The maximum atomic E-state index is 5.75. The lowest BCUT2D eigenvalue weighted by Gasteiger charge is -2.38. The first-order valence-corrected chi connectivity index (χ1v) is 11.7. The summed E-state index contributed by atoms with van der Waals surface area (Å²) in [5, 5.41) is 0. The molecule has 0 aliphatic heterocycles. The fraction of sp³-hybridized carbons (Fsp3) is 0.630. The first kappa shape index (κ1) is 21.4. The minimum Gasteiger partial charge on any atom is -0.376 e. The molecule has 3 rings (SSSR count). The Hall–Kier alpha value is -1.34. The molecule has 0 spiro atoms. The molecular weight excluding hydrogens is 340 g/mol. The van der Waals surface area contributed by atoms with Crippen molar-refractivity contribution in [3.8, 4) is 0 Å². The van der Waals surface area contributed by atoms with Crippen molar-refractivity contribution in [1.82, 2.24) is 0 Å². The molecular formula is C27H40O. The second kappa shape index (κ2) is 11.6. The zero-order valence-electron chi connectivity index (χ0n) is 18.0. The molecule has 0 N–H and O–H groups in total. The molecule has 0 bridgehead atoms. The van der Waals surface area contributed by atoms with Crippen LogP contribution in [0.2, 0.25) is 0 Å². The SMILES string of the molecule is C=CCC1CCC(C2CCC(c3ccc(COCCC=CC)cc3)CC2)CC1. The Bertz CT molecular complexity index is 583. The van der Waals surface area contributed by atoms with Gasteiger partial charge in [-0.1, -0.05) is 42.5 Å². The van der Waals surface area contributed by atoms with E-state index in [-0.39, 0.29) is 0 Å². The van der Waals surface area contributed by atoms with Gasteiger partial charge < -0.3 is 4.74 Å². The second-order valence-electron chi connectivity index (χ2n) is 9.07. The summed E-state index contributed by atoms with van der Waals surface area (Å²) in [4.78, 5) is 0. The summed E-state index contributed by atoms with van der Waals surface area (Å²) in [5.41, 5.74) is 2.85. The molecule has 2 fully saturated rings. The van der Waals surface area contributed by atoms with Crippen molar-refractivity contribution in [3.05, 3.63) is 60.2 Å². The van der Waals surface area contributed by atoms with E-state index >= 15 is 0 Å². The van der Waals surface area contributed by atoms with Crippen LogP contribution in [0.15, 0.2) is 49.1 Å². The number of rotatable bonds is 9. The van der Waals surface area contributed by atoms with Gasteiger partial charge in [0.15, 0.2) is 0 Å². The molecule has 28 heavy (non-hydrogen) atoms. The van der Waals surface area contributed by atoms with Gasteiger partial charge in [-0.15, -0.1) is 6.58 Å². The van der Waals surface area contributed by atoms with Crippen molar-refractivity contribution in [2.24, 2.45) is 17.8 Å². The van der Waals surface area contributed by atoms with Gasteiger partial charge in [0.1, 0.15) is 0 Å². The first-order chi connectivity index (χ1) is 13.8. The van der Waals surface area contributed by atoms with Gasteiger partial charge >= 0.3 is 0 Å². The van der Waals surface area contributed by atoms with Gasteiger partial charge in [0.05, 0.1) is 13.2 Å². The number of hydrogen-bond donors (Lipinski definition) is 0. The van der Waals surface area contributed by atoms with Gasteiger partial charge in [-0.3, -0.25) is 0 Å². The quantitative estimate of drug-likeness (QED) is 0.313. The van der Waals surface area contributed by atoms with E-state index in [1.54, 1.807) is 5.56 Å². The minimum absolute atomic E-state index is 0.735. The summed E-state index contributed by atoms with van der Waals surface area (Å²) >= 11 is 0. The van der Waals surface area contributed by atoms with Crippen LogP contribution in [0.1, 0.15) is 88.2 Å². The van der Waals surface area contributed by atoms with Crippen LogP contribution in [0, 0.1) is 17.8 Å². The van der Waals surface area contributed by atoms with Crippen LogP contribution >= 0.6 is 0 Å². The number of allylic oxidation sites excluding steroid dienone is 2. The molecule has 2 aliphatic carbocycles. The lowest BCUT2D eigenvalue weighted by atomic mass is 9.68. The van der Waals surface area contributed by atoms with Crippen molar-refractivity contribution in [2.45, 2.75) is 83.7 Å². The van der Waals surface area contributed by atoms with E-state index in [2.05, 4.69) is 56.0 Å². The maximum absolute atomic E-state index is 5.75. The summed E-state index contributed by atoms with van der Waals surface area (Å²) in [5.74, 6) is 3.70. The summed E-state index contributed by atoms with van der Waals surface area (Å²) in [6, 6.07) is 9.27. The molecule has 2 aliphatic rings. The molecule has 2 saturated carbocycles. The molecule has 0 aromatic heterocycles. The average Bonchev–Trinajstić information content (AvgIpc) is 2.75. The Morgan fingerprint density at radius 1 is 0.929 bits per heavy atom. The third-order valence-corrected chi connectivity index (χ3v) is 7.21. The Morgan fingerprint density at radius 3 is 2.18 bits per heavy atom. The highest BCUT2D eigenvalue weighted by Crippen LogP contribution is 2.44. The Morgan fingerprint density at radius 2 is 1.57 bits per heavy atom. The van der Waals surface area contributed by atoms with Crippen LogP contribution in [-0.4, -0.2) is 6.61 Å². The lowest BCUT2D eigenvalue weighted by molar-refractivity contribution is 0.125.